The monoisotopic (exact) mass is 261 g/mol. The van der Waals surface area contributed by atoms with E-state index in [-0.39, 0.29) is 5.41 Å². The minimum Gasteiger partial charge on any atom is -0.396 e. The van der Waals surface area contributed by atoms with Crippen molar-refractivity contribution in [2.45, 2.75) is 26.2 Å². The summed E-state index contributed by atoms with van der Waals surface area (Å²) < 4.78 is 1.05. The molecule has 82 valence electrons. The van der Waals surface area contributed by atoms with E-state index in [9.17, 15) is 5.11 Å². The van der Waals surface area contributed by atoms with Crippen LogP contribution in [0.25, 0.3) is 0 Å². The molecule has 1 saturated heterocycles. The summed E-state index contributed by atoms with van der Waals surface area (Å²) in [5, 5.41) is 9.36. The summed E-state index contributed by atoms with van der Waals surface area (Å²) in [5.41, 5.74) is 0.199. The van der Waals surface area contributed by atoms with Gasteiger partial charge < -0.3 is 5.11 Å². The zero-order chi connectivity index (χ0) is 10.6. The summed E-state index contributed by atoms with van der Waals surface area (Å²) in [5.74, 6) is 0. The zero-order valence-corrected chi connectivity index (χ0v) is 10.5. The molecule has 0 aromatic heterocycles. The molecule has 1 aliphatic heterocycles. The van der Waals surface area contributed by atoms with Crippen LogP contribution < -0.4 is 0 Å². The van der Waals surface area contributed by atoms with Crippen LogP contribution in [0.1, 0.15) is 26.2 Å². The van der Waals surface area contributed by atoms with E-state index in [2.05, 4.69) is 34.3 Å². The molecule has 2 nitrogen and oxygen atoms in total. The molecule has 0 aliphatic carbocycles. The van der Waals surface area contributed by atoms with Crippen LogP contribution in [0.5, 0.6) is 0 Å². The minimum absolute atomic E-state index is 0.199. The molecule has 1 rings (SSSR count). The first kappa shape index (κ1) is 12.2. The van der Waals surface area contributed by atoms with Crippen LogP contribution in [0.4, 0.5) is 0 Å². The van der Waals surface area contributed by atoms with Crippen molar-refractivity contribution in [2.24, 2.45) is 5.41 Å². The van der Waals surface area contributed by atoms with Gasteiger partial charge in [0.15, 0.2) is 0 Å². The van der Waals surface area contributed by atoms with Crippen molar-refractivity contribution < 1.29 is 5.11 Å². The second-order valence-electron chi connectivity index (χ2n) is 4.31. The summed E-state index contributed by atoms with van der Waals surface area (Å²) in [6, 6.07) is 0. The number of rotatable bonds is 4. The predicted octanol–water partition coefficient (Wildman–Crippen LogP) is 2.38. The molecule has 0 aromatic rings. The van der Waals surface area contributed by atoms with Crippen LogP contribution in [-0.2, 0) is 0 Å². The van der Waals surface area contributed by atoms with Gasteiger partial charge in [-0.05, 0) is 37.8 Å². The zero-order valence-electron chi connectivity index (χ0n) is 8.93. The molecule has 1 N–H and O–H groups in total. The van der Waals surface area contributed by atoms with Crippen LogP contribution >= 0.6 is 15.9 Å². The average Bonchev–Trinajstić information content (AvgIpc) is 2.19. The Bertz CT molecular complexity index is 191. The van der Waals surface area contributed by atoms with Gasteiger partial charge in [-0.1, -0.05) is 29.4 Å². The predicted molar refractivity (Wildman–Crippen MR) is 63.6 cm³/mol. The standard InChI is InChI=1S/C11H20BrNO/c1-3-11(9-14)4-6-13(7-5-11)8-10(2)12/h14H,2-9H2,1H3. The molecule has 14 heavy (non-hydrogen) atoms. The van der Waals surface area contributed by atoms with Gasteiger partial charge in [0.2, 0.25) is 0 Å². The number of hydrogen-bond acceptors (Lipinski definition) is 2. The molecule has 0 saturated carbocycles. The van der Waals surface area contributed by atoms with Crippen LogP contribution in [-0.4, -0.2) is 36.2 Å². The van der Waals surface area contributed by atoms with Crippen molar-refractivity contribution in [3.8, 4) is 0 Å². The highest BCUT2D eigenvalue weighted by molar-refractivity contribution is 9.11. The molecule has 0 atom stereocenters. The largest absolute Gasteiger partial charge is 0.396 e. The summed E-state index contributed by atoms with van der Waals surface area (Å²) in [6.45, 7) is 9.47. The molecule has 1 aliphatic rings. The maximum absolute atomic E-state index is 9.36. The Morgan fingerprint density at radius 3 is 2.43 bits per heavy atom. The molecule has 1 heterocycles. The van der Waals surface area contributed by atoms with Crippen LogP contribution in [0, 0.1) is 5.41 Å². The lowest BCUT2D eigenvalue weighted by atomic mass is 9.77. The molecule has 0 bridgehead atoms. The third kappa shape index (κ3) is 3.07. The van der Waals surface area contributed by atoms with Crippen molar-refractivity contribution in [3.05, 3.63) is 11.1 Å². The van der Waals surface area contributed by atoms with Crippen molar-refractivity contribution >= 4 is 15.9 Å². The molecule has 0 amide bonds. The van der Waals surface area contributed by atoms with Crippen molar-refractivity contribution in [1.29, 1.82) is 0 Å². The maximum Gasteiger partial charge on any atom is 0.0488 e. The highest BCUT2D eigenvalue weighted by Crippen LogP contribution is 2.34. The highest BCUT2D eigenvalue weighted by atomic mass is 79.9. The highest BCUT2D eigenvalue weighted by Gasteiger charge is 2.31. The van der Waals surface area contributed by atoms with Crippen LogP contribution in [0.2, 0.25) is 0 Å². The van der Waals surface area contributed by atoms with Crippen LogP contribution in [0.3, 0.4) is 0 Å². The quantitative estimate of drug-likeness (QED) is 0.840. The van der Waals surface area contributed by atoms with E-state index in [4.69, 9.17) is 0 Å². The van der Waals surface area contributed by atoms with Crippen molar-refractivity contribution in [3.63, 3.8) is 0 Å². The lowest BCUT2D eigenvalue weighted by Crippen LogP contribution is -2.42. The smallest absolute Gasteiger partial charge is 0.0488 e. The second-order valence-corrected chi connectivity index (χ2v) is 5.43. The van der Waals surface area contributed by atoms with Gasteiger partial charge in [-0.3, -0.25) is 4.90 Å². The molecule has 0 spiro atoms. The first-order valence-electron chi connectivity index (χ1n) is 5.28. The number of piperidine rings is 1. The summed E-state index contributed by atoms with van der Waals surface area (Å²) in [6.07, 6.45) is 3.31. The number of likely N-dealkylation sites (tertiary alicyclic amines) is 1. The van der Waals surface area contributed by atoms with Gasteiger partial charge in [-0.25, -0.2) is 0 Å². The van der Waals surface area contributed by atoms with E-state index in [0.29, 0.717) is 6.61 Å². The average molecular weight is 262 g/mol. The van der Waals surface area contributed by atoms with Gasteiger partial charge in [-0.2, -0.15) is 0 Å². The van der Waals surface area contributed by atoms with E-state index < -0.39 is 0 Å². The first-order valence-corrected chi connectivity index (χ1v) is 6.08. The number of nitrogens with zero attached hydrogens (tertiary/aromatic N) is 1. The molecule has 1 fully saturated rings. The van der Waals surface area contributed by atoms with Crippen molar-refractivity contribution in [2.75, 3.05) is 26.2 Å². The first-order chi connectivity index (χ1) is 6.62. The third-order valence-electron chi connectivity index (χ3n) is 3.40. The maximum atomic E-state index is 9.36. The van der Waals surface area contributed by atoms with Crippen molar-refractivity contribution in [1.82, 2.24) is 4.90 Å². The van der Waals surface area contributed by atoms with Gasteiger partial charge >= 0.3 is 0 Å². The second kappa shape index (κ2) is 5.29. The molecular weight excluding hydrogens is 242 g/mol. The minimum atomic E-state index is 0.199. The molecule has 0 unspecified atom stereocenters. The molecule has 0 aromatic carbocycles. The number of aliphatic hydroxyl groups excluding tert-OH is 1. The lowest BCUT2D eigenvalue weighted by molar-refractivity contribution is 0.0448. The van der Waals surface area contributed by atoms with Gasteiger partial charge in [0.05, 0.1) is 0 Å². The van der Waals surface area contributed by atoms with E-state index >= 15 is 0 Å². The Labute approximate surface area is 95.1 Å². The van der Waals surface area contributed by atoms with Crippen LogP contribution in [0.15, 0.2) is 11.1 Å². The fourth-order valence-electron chi connectivity index (χ4n) is 2.05. The number of hydrogen-bond donors (Lipinski definition) is 1. The summed E-state index contributed by atoms with van der Waals surface area (Å²) >= 11 is 3.39. The van der Waals surface area contributed by atoms with Gasteiger partial charge in [-0.15, -0.1) is 0 Å². The van der Waals surface area contributed by atoms with E-state index in [1.807, 2.05) is 0 Å². The summed E-state index contributed by atoms with van der Waals surface area (Å²) in [4.78, 5) is 2.39. The Morgan fingerprint density at radius 1 is 1.50 bits per heavy atom. The molecular formula is C11H20BrNO. The van der Waals surface area contributed by atoms with Gasteiger partial charge in [0.25, 0.3) is 0 Å². The fraction of sp³-hybridized carbons (Fsp3) is 0.818. The lowest BCUT2D eigenvalue weighted by Gasteiger charge is -2.40. The number of halogens is 1. The number of aliphatic hydroxyl groups is 1. The Balaban J connectivity index is 2.40. The Morgan fingerprint density at radius 2 is 2.07 bits per heavy atom. The topological polar surface area (TPSA) is 23.5 Å². The Kier molecular flexibility index (Phi) is 4.61. The SMILES string of the molecule is C=C(Br)CN1CCC(CC)(CO)CC1. The third-order valence-corrected chi connectivity index (χ3v) is 3.65. The fourth-order valence-corrected chi connectivity index (χ4v) is 2.41. The van der Waals surface area contributed by atoms with Gasteiger partial charge in [0.1, 0.15) is 0 Å². The van der Waals surface area contributed by atoms with E-state index in [0.717, 1.165) is 43.4 Å². The molecule has 0 radical (unpaired) electrons. The van der Waals surface area contributed by atoms with E-state index in [1.54, 1.807) is 0 Å². The van der Waals surface area contributed by atoms with Gasteiger partial charge in [0, 0.05) is 17.6 Å². The molecule has 3 heteroatoms. The Hall–Kier alpha value is 0.140. The normalized spacial score (nSPS) is 22.2. The van der Waals surface area contributed by atoms with E-state index in [1.165, 1.54) is 0 Å². The summed E-state index contributed by atoms with van der Waals surface area (Å²) in [7, 11) is 0.